The molecular weight excluding hydrogens is 305 g/mol. The third-order valence-electron chi connectivity index (χ3n) is 3.15. The van der Waals surface area contributed by atoms with E-state index in [4.69, 9.17) is 5.73 Å². The van der Waals surface area contributed by atoms with Crippen LogP contribution < -0.4 is 11.1 Å². The minimum absolute atomic E-state index is 0.0326. The number of nitrogens with one attached hydrogen (secondary N) is 1. The molecule has 0 radical (unpaired) electrons. The van der Waals surface area contributed by atoms with Crippen LogP contribution in [0.25, 0.3) is 5.70 Å². The van der Waals surface area contributed by atoms with Crippen LogP contribution in [0, 0.1) is 6.92 Å². The van der Waals surface area contributed by atoms with Gasteiger partial charge in [0.15, 0.2) is 0 Å². The highest BCUT2D eigenvalue weighted by atomic mass is 19.4. The van der Waals surface area contributed by atoms with Crippen LogP contribution in [0.2, 0.25) is 0 Å². The second-order valence-corrected chi connectivity index (χ2v) is 5.00. The molecule has 0 heterocycles. The molecule has 0 aromatic heterocycles. The van der Waals surface area contributed by atoms with E-state index in [-0.39, 0.29) is 5.70 Å². The highest BCUT2D eigenvalue weighted by molar-refractivity contribution is 6.02. The van der Waals surface area contributed by atoms with Gasteiger partial charge in [-0.05, 0) is 24.6 Å². The molecule has 0 aliphatic carbocycles. The van der Waals surface area contributed by atoms with Crippen LogP contribution in [0.4, 0.5) is 24.5 Å². The van der Waals surface area contributed by atoms with Crippen LogP contribution in [-0.4, -0.2) is 12.0 Å². The summed E-state index contributed by atoms with van der Waals surface area (Å²) in [5.41, 5.74) is 8.02. The number of nitrogen functional groups attached to an aromatic ring is 1. The number of rotatable bonds is 4. The van der Waals surface area contributed by atoms with Gasteiger partial charge < -0.3 is 11.1 Å². The normalized spacial score (nSPS) is 12.1. The molecule has 23 heavy (non-hydrogen) atoms. The average molecular weight is 320 g/mol. The van der Waals surface area contributed by atoms with Gasteiger partial charge in [-0.2, -0.15) is 13.2 Å². The molecule has 0 fully saturated rings. The SMILES string of the molecule is Cc1ccc(/C(=C\C(=O)C(F)(F)F)Nc2ccccc2N)cc1. The summed E-state index contributed by atoms with van der Waals surface area (Å²) in [6.45, 7) is 1.86. The average Bonchev–Trinajstić information content (AvgIpc) is 2.48. The Bertz CT molecular complexity index is 734. The third kappa shape index (κ3) is 4.35. The molecule has 3 N–H and O–H groups in total. The summed E-state index contributed by atoms with van der Waals surface area (Å²) in [5.74, 6) is -1.94. The van der Waals surface area contributed by atoms with Crippen molar-refractivity contribution in [2.24, 2.45) is 0 Å². The third-order valence-corrected chi connectivity index (χ3v) is 3.15. The van der Waals surface area contributed by atoms with Gasteiger partial charge in [0, 0.05) is 11.8 Å². The van der Waals surface area contributed by atoms with E-state index in [1.807, 2.05) is 6.92 Å². The van der Waals surface area contributed by atoms with Crippen LogP contribution in [0.5, 0.6) is 0 Å². The number of anilines is 2. The summed E-state index contributed by atoms with van der Waals surface area (Å²) in [6.07, 6.45) is -4.39. The van der Waals surface area contributed by atoms with E-state index in [9.17, 15) is 18.0 Å². The Kier molecular flexibility index (Phi) is 4.74. The maximum Gasteiger partial charge on any atom is 0.454 e. The van der Waals surface area contributed by atoms with E-state index >= 15 is 0 Å². The number of carbonyl (C=O) groups is 1. The topological polar surface area (TPSA) is 55.1 Å². The van der Waals surface area contributed by atoms with Gasteiger partial charge in [0.05, 0.1) is 11.4 Å². The number of halogens is 3. The first-order chi connectivity index (χ1) is 10.8. The zero-order valence-corrected chi connectivity index (χ0v) is 12.3. The van der Waals surface area contributed by atoms with Crippen molar-refractivity contribution >= 4 is 22.9 Å². The summed E-state index contributed by atoms with van der Waals surface area (Å²) in [7, 11) is 0. The molecule has 120 valence electrons. The van der Waals surface area contributed by atoms with Gasteiger partial charge in [-0.1, -0.05) is 42.0 Å². The molecule has 0 saturated carbocycles. The Morgan fingerprint density at radius 1 is 1.09 bits per heavy atom. The molecule has 0 unspecified atom stereocenters. The highest BCUT2D eigenvalue weighted by Gasteiger charge is 2.36. The molecule has 0 saturated heterocycles. The number of ketones is 1. The number of para-hydroxylation sites is 2. The molecule has 0 atom stereocenters. The quantitative estimate of drug-likeness (QED) is 0.657. The molecule has 2 rings (SSSR count). The molecule has 2 aromatic carbocycles. The summed E-state index contributed by atoms with van der Waals surface area (Å²) in [5, 5.41) is 2.80. The molecule has 0 bridgehead atoms. The van der Waals surface area contributed by atoms with Crippen molar-refractivity contribution in [3.05, 3.63) is 65.7 Å². The first-order valence-corrected chi connectivity index (χ1v) is 6.79. The monoisotopic (exact) mass is 320 g/mol. The molecule has 6 heteroatoms. The fourth-order valence-electron chi connectivity index (χ4n) is 1.89. The molecule has 0 spiro atoms. The van der Waals surface area contributed by atoms with Gasteiger partial charge in [0.2, 0.25) is 0 Å². The number of hydrogen-bond acceptors (Lipinski definition) is 3. The maximum atomic E-state index is 12.6. The van der Waals surface area contributed by atoms with Gasteiger partial charge in [0.1, 0.15) is 0 Å². The second kappa shape index (κ2) is 6.56. The minimum Gasteiger partial charge on any atom is -0.397 e. The van der Waals surface area contributed by atoms with Gasteiger partial charge >= 0.3 is 6.18 Å². The molecule has 3 nitrogen and oxygen atoms in total. The Labute approximate surface area is 131 Å². The molecule has 0 amide bonds. The Balaban J connectivity index is 2.43. The van der Waals surface area contributed by atoms with E-state index in [0.717, 1.165) is 5.56 Å². The molecule has 0 aliphatic rings. The summed E-state index contributed by atoms with van der Waals surface area (Å²) < 4.78 is 37.7. The van der Waals surface area contributed by atoms with Gasteiger partial charge in [-0.15, -0.1) is 0 Å². The molecule has 2 aromatic rings. The van der Waals surface area contributed by atoms with Crippen molar-refractivity contribution in [3.8, 4) is 0 Å². The van der Waals surface area contributed by atoms with Crippen molar-refractivity contribution in [3.63, 3.8) is 0 Å². The maximum absolute atomic E-state index is 12.6. The Morgan fingerprint density at radius 3 is 2.26 bits per heavy atom. The first-order valence-electron chi connectivity index (χ1n) is 6.79. The van der Waals surface area contributed by atoms with Crippen molar-refractivity contribution < 1.29 is 18.0 Å². The van der Waals surface area contributed by atoms with E-state index in [1.165, 1.54) is 0 Å². The van der Waals surface area contributed by atoms with Gasteiger partial charge in [0.25, 0.3) is 5.78 Å². The van der Waals surface area contributed by atoms with Crippen molar-refractivity contribution in [1.29, 1.82) is 0 Å². The first kappa shape index (κ1) is 16.6. The number of hydrogen-bond donors (Lipinski definition) is 2. The largest absolute Gasteiger partial charge is 0.454 e. The van der Waals surface area contributed by atoms with Crippen LogP contribution in [0.1, 0.15) is 11.1 Å². The van der Waals surface area contributed by atoms with Crippen LogP contribution >= 0.6 is 0 Å². The summed E-state index contributed by atoms with van der Waals surface area (Å²) in [4.78, 5) is 11.3. The number of alkyl halides is 3. The highest BCUT2D eigenvalue weighted by Crippen LogP contribution is 2.26. The van der Waals surface area contributed by atoms with Crippen LogP contribution in [0.3, 0.4) is 0 Å². The van der Waals surface area contributed by atoms with Crippen molar-refractivity contribution in [2.75, 3.05) is 11.1 Å². The number of nitrogens with two attached hydrogens (primary N) is 1. The lowest BCUT2D eigenvalue weighted by atomic mass is 10.1. The lowest BCUT2D eigenvalue weighted by molar-refractivity contribution is -0.165. The van der Waals surface area contributed by atoms with E-state index < -0.39 is 12.0 Å². The Morgan fingerprint density at radius 2 is 1.70 bits per heavy atom. The predicted octanol–water partition coefficient (Wildman–Crippen LogP) is 4.16. The van der Waals surface area contributed by atoms with Crippen molar-refractivity contribution in [1.82, 2.24) is 0 Å². The van der Waals surface area contributed by atoms with Gasteiger partial charge in [-0.3, -0.25) is 4.79 Å². The standard InChI is InChI=1S/C17H15F3N2O/c1-11-6-8-12(9-7-11)15(10-16(23)17(18,19)20)22-14-5-3-2-4-13(14)21/h2-10,22H,21H2,1H3/b15-10+. The van der Waals surface area contributed by atoms with E-state index in [0.29, 0.717) is 23.0 Å². The number of allylic oxidation sites excluding steroid dienone is 1. The van der Waals surface area contributed by atoms with Gasteiger partial charge in [-0.25, -0.2) is 0 Å². The molecular formula is C17H15F3N2O. The van der Waals surface area contributed by atoms with Crippen molar-refractivity contribution in [2.45, 2.75) is 13.1 Å². The number of carbonyl (C=O) groups excluding carboxylic acids is 1. The zero-order chi connectivity index (χ0) is 17.0. The predicted molar refractivity (Wildman–Crippen MR) is 84.7 cm³/mol. The summed E-state index contributed by atoms with van der Waals surface area (Å²) >= 11 is 0. The lowest BCUT2D eigenvalue weighted by Crippen LogP contribution is -2.21. The second-order valence-electron chi connectivity index (χ2n) is 5.00. The van der Waals surface area contributed by atoms with E-state index in [1.54, 1.807) is 48.5 Å². The lowest BCUT2D eigenvalue weighted by Gasteiger charge is -2.14. The van der Waals surface area contributed by atoms with E-state index in [2.05, 4.69) is 5.32 Å². The minimum atomic E-state index is -4.93. The smallest absolute Gasteiger partial charge is 0.397 e. The van der Waals surface area contributed by atoms with Crippen LogP contribution in [-0.2, 0) is 4.79 Å². The van der Waals surface area contributed by atoms with Crippen LogP contribution in [0.15, 0.2) is 54.6 Å². The Hall–Kier alpha value is -2.76. The number of aryl methyl sites for hydroxylation is 1. The fourth-order valence-corrected chi connectivity index (χ4v) is 1.89. The fraction of sp³-hybridized carbons (Fsp3) is 0.118. The molecule has 0 aliphatic heterocycles. The number of benzene rings is 2. The summed E-state index contributed by atoms with van der Waals surface area (Å²) in [6, 6.07) is 13.4. The zero-order valence-electron chi connectivity index (χ0n) is 12.3.